The zero-order chi connectivity index (χ0) is 13.4. The molecule has 98 valence electrons. The van der Waals surface area contributed by atoms with Crippen LogP contribution >= 0.6 is 0 Å². The van der Waals surface area contributed by atoms with Gasteiger partial charge in [0.25, 0.3) is 5.91 Å². The largest absolute Gasteiger partial charge is 0.384 e. The summed E-state index contributed by atoms with van der Waals surface area (Å²) in [5.74, 6) is -0.131. The summed E-state index contributed by atoms with van der Waals surface area (Å²) in [6, 6.07) is 7.73. The molecular weight excluding hydrogens is 240 g/mol. The lowest BCUT2D eigenvalue weighted by molar-refractivity contribution is 0.101. The minimum Gasteiger partial charge on any atom is -0.384 e. The fourth-order valence-corrected chi connectivity index (χ4v) is 2.40. The van der Waals surface area contributed by atoms with Gasteiger partial charge in [-0.3, -0.25) is 9.48 Å². The van der Waals surface area contributed by atoms with Crippen LogP contribution in [-0.4, -0.2) is 22.2 Å². The van der Waals surface area contributed by atoms with Gasteiger partial charge in [-0.05, 0) is 43.2 Å². The SMILES string of the molecule is Cc1cc(C(=O)Nc2ccc3c(c2)CCN3)n(C)n1. The molecule has 2 aromatic rings. The molecule has 19 heavy (non-hydrogen) atoms. The van der Waals surface area contributed by atoms with Gasteiger partial charge in [0.15, 0.2) is 0 Å². The second-order valence-electron chi connectivity index (χ2n) is 4.80. The molecule has 2 heterocycles. The van der Waals surface area contributed by atoms with Gasteiger partial charge in [-0.15, -0.1) is 0 Å². The van der Waals surface area contributed by atoms with Gasteiger partial charge in [-0.1, -0.05) is 0 Å². The molecule has 1 aliphatic heterocycles. The van der Waals surface area contributed by atoms with Crippen molar-refractivity contribution < 1.29 is 4.79 Å². The molecule has 3 rings (SSSR count). The van der Waals surface area contributed by atoms with Crippen LogP contribution in [0, 0.1) is 6.92 Å². The van der Waals surface area contributed by atoms with Crippen LogP contribution in [0.15, 0.2) is 24.3 Å². The van der Waals surface area contributed by atoms with E-state index >= 15 is 0 Å². The molecule has 0 aliphatic carbocycles. The Morgan fingerprint density at radius 3 is 3.00 bits per heavy atom. The maximum atomic E-state index is 12.2. The van der Waals surface area contributed by atoms with Crippen LogP contribution in [-0.2, 0) is 13.5 Å². The fraction of sp³-hybridized carbons (Fsp3) is 0.286. The van der Waals surface area contributed by atoms with E-state index in [1.165, 1.54) is 5.56 Å². The van der Waals surface area contributed by atoms with Gasteiger partial charge in [0.1, 0.15) is 5.69 Å². The first-order valence-electron chi connectivity index (χ1n) is 6.32. The monoisotopic (exact) mass is 256 g/mol. The number of hydrogen-bond donors (Lipinski definition) is 2. The Morgan fingerprint density at radius 2 is 2.26 bits per heavy atom. The number of amides is 1. The first-order valence-corrected chi connectivity index (χ1v) is 6.32. The van der Waals surface area contributed by atoms with Crippen LogP contribution in [0.4, 0.5) is 11.4 Å². The molecule has 1 aromatic carbocycles. The molecule has 0 unspecified atom stereocenters. The number of nitrogens with one attached hydrogen (secondary N) is 2. The molecule has 0 radical (unpaired) electrons. The van der Waals surface area contributed by atoms with Crippen LogP contribution in [0.25, 0.3) is 0 Å². The van der Waals surface area contributed by atoms with Gasteiger partial charge in [0, 0.05) is 25.0 Å². The predicted octanol–water partition coefficient (Wildman–Crippen LogP) is 1.95. The summed E-state index contributed by atoms with van der Waals surface area (Å²) in [5.41, 5.74) is 4.64. The highest BCUT2D eigenvalue weighted by Gasteiger charge is 2.14. The first-order chi connectivity index (χ1) is 9.13. The highest BCUT2D eigenvalue weighted by atomic mass is 16.2. The van der Waals surface area contributed by atoms with Crippen LogP contribution in [0.5, 0.6) is 0 Å². The summed E-state index contributed by atoms with van der Waals surface area (Å²) in [5, 5.41) is 10.4. The molecule has 0 saturated heterocycles. The summed E-state index contributed by atoms with van der Waals surface area (Å²) in [6.07, 6.45) is 1.00. The summed E-state index contributed by atoms with van der Waals surface area (Å²) in [4.78, 5) is 12.2. The zero-order valence-electron chi connectivity index (χ0n) is 11.0. The Morgan fingerprint density at radius 1 is 1.42 bits per heavy atom. The van der Waals surface area contributed by atoms with Crippen molar-refractivity contribution in [1.29, 1.82) is 0 Å². The van der Waals surface area contributed by atoms with Crippen molar-refractivity contribution >= 4 is 17.3 Å². The highest BCUT2D eigenvalue weighted by molar-refractivity contribution is 6.03. The first kappa shape index (κ1) is 11.8. The molecule has 1 aliphatic rings. The number of rotatable bonds is 2. The molecule has 1 amide bonds. The van der Waals surface area contributed by atoms with Gasteiger partial charge in [-0.25, -0.2) is 0 Å². The number of aromatic nitrogens is 2. The number of carbonyl (C=O) groups is 1. The lowest BCUT2D eigenvalue weighted by Gasteiger charge is -2.07. The zero-order valence-corrected chi connectivity index (χ0v) is 11.0. The van der Waals surface area contributed by atoms with E-state index in [1.807, 2.05) is 25.1 Å². The summed E-state index contributed by atoms with van der Waals surface area (Å²) in [6.45, 7) is 2.84. The highest BCUT2D eigenvalue weighted by Crippen LogP contribution is 2.25. The smallest absolute Gasteiger partial charge is 0.273 e. The molecule has 1 aromatic heterocycles. The van der Waals surface area contributed by atoms with E-state index in [0.717, 1.165) is 30.0 Å². The lowest BCUT2D eigenvalue weighted by atomic mass is 10.1. The van der Waals surface area contributed by atoms with E-state index in [1.54, 1.807) is 17.8 Å². The van der Waals surface area contributed by atoms with Crippen LogP contribution < -0.4 is 10.6 Å². The maximum Gasteiger partial charge on any atom is 0.273 e. The van der Waals surface area contributed by atoms with E-state index in [-0.39, 0.29) is 5.91 Å². The normalized spacial score (nSPS) is 12.9. The third kappa shape index (κ3) is 2.19. The molecule has 0 bridgehead atoms. The Balaban J connectivity index is 1.81. The molecule has 0 spiro atoms. The molecule has 5 heteroatoms. The van der Waals surface area contributed by atoms with Crippen LogP contribution in [0.2, 0.25) is 0 Å². The van der Waals surface area contributed by atoms with Gasteiger partial charge in [-0.2, -0.15) is 5.10 Å². The summed E-state index contributed by atoms with van der Waals surface area (Å²) < 4.78 is 1.60. The minimum atomic E-state index is -0.131. The second kappa shape index (κ2) is 4.42. The number of hydrogen-bond acceptors (Lipinski definition) is 3. The van der Waals surface area contributed by atoms with Gasteiger partial charge >= 0.3 is 0 Å². The van der Waals surface area contributed by atoms with Crippen molar-refractivity contribution in [3.05, 3.63) is 41.2 Å². The molecule has 0 saturated carbocycles. The predicted molar refractivity (Wildman–Crippen MR) is 74.5 cm³/mol. The Kier molecular flexibility index (Phi) is 2.74. The van der Waals surface area contributed by atoms with Crippen molar-refractivity contribution in [3.63, 3.8) is 0 Å². The van der Waals surface area contributed by atoms with Gasteiger partial charge in [0.2, 0.25) is 0 Å². The lowest BCUT2D eigenvalue weighted by Crippen LogP contribution is -2.16. The number of fused-ring (bicyclic) bond motifs is 1. The Bertz CT molecular complexity index is 645. The molecule has 0 atom stereocenters. The maximum absolute atomic E-state index is 12.2. The quantitative estimate of drug-likeness (QED) is 0.863. The molecule has 5 nitrogen and oxygen atoms in total. The van der Waals surface area contributed by atoms with E-state index in [2.05, 4.69) is 15.7 Å². The van der Waals surface area contributed by atoms with Crippen molar-refractivity contribution in [1.82, 2.24) is 9.78 Å². The Hall–Kier alpha value is -2.30. The van der Waals surface area contributed by atoms with Crippen molar-refractivity contribution in [2.45, 2.75) is 13.3 Å². The molecular formula is C14H16N4O. The number of carbonyl (C=O) groups excluding carboxylic acids is 1. The van der Waals surface area contributed by atoms with E-state index in [9.17, 15) is 4.79 Å². The van der Waals surface area contributed by atoms with Crippen LogP contribution in [0.3, 0.4) is 0 Å². The molecule has 2 N–H and O–H groups in total. The van der Waals surface area contributed by atoms with E-state index in [4.69, 9.17) is 0 Å². The Labute approximate surface area is 111 Å². The minimum absolute atomic E-state index is 0.131. The topological polar surface area (TPSA) is 59.0 Å². The third-order valence-corrected chi connectivity index (χ3v) is 3.31. The average Bonchev–Trinajstić information content (AvgIpc) is 2.94. The van der Waals surface area contributed by atoms with Gasteiger partial charge in [0.05, 0.1) is 5.69 Å². The standard InChI is InChI=1S/C14H16N4O/c1-9-7-13(18(2)17-9)14(19)16-11-3-4-12-10(8-11)5-6-15-12/h3-4,7-8,15H,5-6H2,1-2H3,(H,16,19). The van der Waals surface area contributed by atoms with Crippen molar-refractivity contribution in [2.75, 3.05) is 17.2 Å². The number of benzene rings is 1. The fourth-order valence-electron chi connectivity index (χ4n) is 2.40. The number of anilines is 2. The summed E-state index contributed by atoms with van der Waals surface area (Å²) in [7, 11) is 1.77. The third-order valence-electron chi connectivity index (χ3n) is 3.31. The number of nitrogens with zero attached hydrogens (tertiary/aromatic N) is 2. The van der Waals surface area contributed by atoms with E-state index < -0.39 is 0 Å². The summed E-state index contributed by atoms with van der Waals surface area (Å²) >= 11 is 0. The number of aryl methyl sites for hydroxylation is 2. The second-order valence-corrected chi connectivity index (χ2v) is 4.80. The molecule has 0 fully saturated rings. The van der Waals surface area contributed by atoms with E-state index in [0.29, 0.717) is 5.69 Å². The van der Waals surface area contributed by atoms with Crippen molar-refractivity contribution in [3.8, 4) is 0 Å². The average molecular weight is 256 g/mol. The van der Waals surface area contributed by atoms with Gasteiger partial charge < -0.3 is 10.6 Å². The van der Waals surface area contributed by atoms with Crippen LogP contribution in [0.1, 0.15) is 21.7 Å². The van der Waals surface area contributed by atoms with Crippen molar-refractivity contribution in [2.24, 2.45) is 7.05 Å².